The van der Waals surface area contributed by atoms with Gasteiger partial charge in [0, 0.05) is 37.6 Å². The third kappa shape index (κ3) is 5.60. The molecule has 8 heteroatoms. The highest BCUT2D eigenvalue weighted by Crippen LogP contribution is 2.24. The maximum absolute atomic E-state index is 13.3. The molecule has 0 radical (unpaired) electrons. The van der Waals surface area contributed by atoms with E-state index in [1.54, 1.807) is 27.7 Å². The molecule has 1 aromatic heterocycles. The van der Waals surface area contributed by atoms with Crippen molar-refractivity contribution in [1.29, 1.82) is 0 Å². The number of rotatable bonds is 9. The summed E-state index contributed by atoms with van der Waals surface area (Å²) in [5.74, 6) is 0.285. The number of nitrogens with zero attached hydrogens (tertiary/aromatic N) is 5. The molecule has 3 aromatic carbocycles. The predicted molar refractivity (Wildman–Crippen MR) is 150 cm³/mol. The molecule has 1 fully saturated rings. The van der Waals surface area contributed by atoms with Crippen molar-refractivity contribution in [3.63, 3.8) is 0 Å². The van der Waals surface area contributed by atoms with Gasteiger partial charge in [-0.1, -0.05) is 37.3 Å². The zero-order chi connectivity index (χ0) is 26.5. The van der Waals surface area contributed by atoms with Gasteiger partial charge in [0.1, 0.15) is 12.1 Å². The number of piperazine rings is 1. The molecule has 0 unspecified atom stereocenters. The summed E-state index contributed by atoms with van der Waals surface area (Å²) in [5.41, 5.74) is 3.99. The fourth-order valence-corrected chi connectivity index (χ4v) is 5.05. The largest absolute Gasteiger partial charge is 0.508 e. The number of phenolic OH excluding ortho intramolecular Hbond substituents is 1. The molecule has 38 heavy (non-hydrogen) atoms. The molecule has 1 N–H and O–H groups in total. The zero-order valence-corrected chi connectivity index (χ0v) is 22.0. The lowest BCUT2D eigenvalue weighted by atomic mass is 10.1. The van der Waals surface area contributed by atoms with Gasteiger partial charge in [0.05, 0.1) is 24.4 Å². The molecule has 1 aliphatic rings. The Bertz CT molecular complexity index is 1360. The molecule has 0 bridgehead atoms. The van der Waals surface area contributed by atoms with Crippen LogP contribution in [0.25, 0.3) is 5.69 Å². The molecule has 2 atom stereocenters. The lowest BCUT2D eigenvalue weighted by Gasteiger charge is -2.37. The molecule has 0 amide bonds. The third-order valence-electron chi connectivity index (χ3n) is 7.31. The van der Waals surface area contributed by atoms with Gasteiger partial charge in [-0.3, -0.25) is 0 Å². The maximum Gasteiger partial charge on any atom is 0.350 e. The van der Waals surface area contributed by atoms with Crippen LogP contribution in [0.1, 0.15) is 31.9 Å². The normalized spacial score (nSPS) is 15.4. The van der Waals surface area contributed by atoms with E-state index in [0.29, 0.717) is 6.61 Å². The van der Waals surface area contributed by atoms with E-state index < -0.39 is 0 Å². The summed E-state index contributed by atoms with van der Waals surface area (Å²) in [6.07, 6.45) is 2.17. The summed E-state index contributed by atoms with van der Waals surface area (Å²) in [4.78, 5) is 18.0. The van der Waals surface area contributed by atoms with Gasteiger partial charge in [-0.15, -0.1) is 0 Å². The molecule has 1 aliphatic heterocycles. The van der Waals surface area contributed by atoms with Gasteiger partial charge in [0.15, 0.2) is 0 Å². The standard InChI is InChI=1S/C30H35N5O3/c1-3-29(23(2)38-21-24-7-5-4-6-8-24)35-30(37)34(22-31-35)27-11-9-25(10-12-27)32-17-19-33(20-18-32)26-13-15-28(36)16-14-26/h4-16,22-23,29,36H,3,17-21H2,1-2H3/t23-,29-/m1/s1. The van der Waals surface area contributed by atoms with E-state index in [9.17, 15) is 9.90 Å². The maximum atomic E-state index is 13.3. The van der Waals surface area contributed by atoms with Gasteiger partial charge in [0.25, 0.3) is 0 Å². The molecule has 198 valence electrons. The monoisotopic (exact) mass is 513 g/mol. The lowest BCUT2D eigenvalue weighted by Crippen LogP contribution is -2.46. The second-order valence-electron chi connectivity index (χ2n) is 9.71. The summed E-state index contributed by atoms with van der Waals surface area (Å²) >= 11 is 0. The van der Waals surface area contributed by atoms with Crippen LogP contribution in [0.2, 0.25) is 0 Å². The average Bonchev–Trinajstić information content (AvgIpc) is 3.34. The smallest absolute Gasteiger partial charge is 0.350 e. The highest BCUT2D eigenvalue weighted by Gasteiger charge is 2.23. The van der Waals surface area contributed by atoms with E-state index in [1.165, 1.54) is 0 Å². The van der Waals surface area contributed by atoms with Crippen molar-refractivity contribution in [2.75, 3.05) is 36.0 Å². The Hall–Kier alpha value is -4.04. The van der Waals surface area contributed by atoms with Crippen molar-refractivity contribution < 1.29 is 9.84 Å². The van der Waals surface area contributed by atoms with Crippen LogP contribution in [0.5, 0.6) is 5.75 Å². The quantitative estimate of drug-likeness (QED) is 0.352. The van der Waals surface area contributed by atoms with Crippen LogP contribution in [0.3, 0.4) is 0 Å². The van der Waals surface area contributed by atoms with Crippen molar-refractivity contribution in [2.45, 2.75) is 39.0 Å². The predicted octanol–water partition coefficient (Wildman–Crippen LogP) is 4.62. The molecule has 8 nitrogen and oxygen atoms in total. The Morgan fingerprint density at radius 1 is 0.842 bits per heavy atom. The summed E-state index contributed by atoms with van der Waals surface area (Å²) in [6.45, 7) is 8.16. The Morgan fingerprint density at radius 3 is 1.97 bits per heavy atom. The van der Waals surface area contributed by atoms with Crippen LogP contribution in [0.4, 0.5) is 11.4 Å². The molecule has 0 saturated carbocycles. The van der Waals surface area contributed by atoms with E-state index in [-0.39, 0.29) is 23.6 Å². The molecule has 2 heterocycles. The Labute approximate surface area is 223 Å². The van der Waals surface area contributed by atoms with Gasteiger partial charge >= 0.3 is 5.69 Å². The van der Waals surface area contributed by atoms with Crippen molar-refractivity contribution in [3.8, 4) is 11.4 Å². The number of benzene rings is 3. The second kappa shape index (κ2) is 11.6. The van der Waals surface area contributed by atoms with Crippen molar-refractivity contribution in [1.82, 2.24) is 14.3 Å². The van der Waals surface area contributed by atoms with Crippen LogP contribution < -0.4 is 15.5 Å². The van der Waals surface area contributed by atoms with Crippen LogP contribution in [-0.2, 0) is 11.3 Å². The van der Waals surface area contributed by atoms with E-state index in [1.807, 2.05) is 61.5 Å². The van der Waals surface area contributed by atoms with E-state index in [0.717, 1.165) is 55.2 Å². The van der Waals surface area contributed by atoms with E-state index >= 15 is 0 Å². The fraction of sp³-hybridized carbons (Fsp3) is 0.333. The Balaban J connectivity index is 1.22. The number of hydrogen-bond acceptors (Lipinski definition) is 6. The van der Waals surface area contributed by atoms with Crippen LogP contribution in [0, 0.1) is 0 Å². The number of ether oxygens (including phenoxy) is 1. The van der Waals surface area contributed by atoms with Crippen LogP contribution >= 0.6 is 0 Å². The number of aromatic hydroxyl groups is 1. The van der Waals surface area contributed by atoms with Crippen molar-refractivity contribution >= 4 is 11.4 Å². The molecule has 0 aliphatic carbocycles. The van der Waals surface area contributed by atoms with Crippen LogP contribution in [-0.4, -0.2) is 51.7 Å². The van der Waals surface area contributed by atoms with E-state index in [2.05, 4.69) is 34.0 Å². The minimum Gasteiger partial charge on any atom is -0.508 e. The number of phenols is 1. The highest BCUT2D eigenvalue weighted by atomic mass is 16.5. The fourth-order valence-electron chi connectivity index (χ4n) is 5.05. The van der Waals surface area contributed by atoms with Gasteiger partial charge in [-0.25, -0.2) is 14.0 Å². The highest BCUT2D eigenvalue weighted by molar-refractivity contribution is 5.54. The topological polar surface area (TPSA) is 75.8 Å². The number of hydrogen-bond donors (Lipinski definition) is 1. The first-order valence-corrected chi connectivity index (χ1v) is 13.2. The van der Waals surface area contributed by atoms with Gasteiger partial charge in [-0.05, 0) is 67.4 Å². The summed E-state index contributed by atoms with van der Waals surface area (Å²) < 4.78 is 9.24. The zero-order valence-electron chi connectivity index (χ0n) is 22.0. The first kappa shape index (κ1) is 25.6. The molecule has 4 aromatic rings. The van der Waals surface area contributed by atoms with Crippen LogP contribution in [0.15, 0.2) is 90.0 Å². The number of aromatic nitrogens is 3. The second-order valence-corrected chi connectivity index (χ2v) is 9.71. The molecular weight excluding hydrogens is 478 g/mol. The third-order valence-corrected chi connectivity index (χ3v) is 7.31. The average molecular weight is 514 g/mol. The Kier molecular flexibility index (Phi) is 7.79. The Morgan fingerprint density at radius 2 is 1.39 bits per heavy atom. The van der Waals surface area contributed by atoms with E-state index in [4.69, 9.17) is 4.74 Å². The molecule has 1 saturated heterocycles. The summed E-state index contributed by atoms with van der Waals surface area (Å²) in [7, 11) is 0. The minimum absolute atomic E-state index is 0.156. The van der Waals surface area contributed by atoms with Crippen molar-refractivity contribution in [3.05, 3.63) is 101 Å². The van der Waals surface area contributed by atoms with Gasteiger partial charge < -0.3 is 19.6 Å². The first-order chi connectivity index (χ1) is 18.5. The summed E-state index contributed by atoms with van der Waals surface area (Å²) in [6, 6.07) is 25.3. The molecular formula is C30H35N5O3. The molecule has 0 spiro atoms. The number of anilines is 2. The lowest BCUT2D eigenvalue weighted by molar-refractivity contribution is 0.0117. The first-order valence-electron chi connectivity index (χ1n) is 13.2. The molecule has 5 rings (SSSR count). The minimum atomic E-state index is -0.165. The van der Waals surface area contributed by atoms with Crippen molar-refractivity contribution in [2.24, 2.45) is 0 Å². The SMILES string of the molecule is CC[C@H]([C@@H](C)OCc1ccccc1)n1ncn(-c2ccc(N3CCN(c4ccc(O)cc4)CC3)cc2)c1=O. The van der Waals surface area contributed by atoms with Gasteiger partial charge in [0.2, 0.25) is 0 Å². The van der Waals surface area contributed by atoms with Gasteiger partial charge in [-0.2, -0.15) is 5.10 Å². The summed E-state index contributed by atoms with van der Waals surface area (Å²) in [5, 5.41) is 14.0.